The highest BCUT2D eigenvalue weighted by atomic mass is 16.5. The van der Waals surface area contributed by atoms with Crippen molar-refractivity contribution < 1.29 is 14.3 Å². The predicted octanol–water partition coefficient (Wildman–Crippen LogP) is 4.90. The molecule has 0 bridgehead atoms. The van der Waals surface area contributed by atoms with E-state index < -0.39 is 6.03 Å². The average molecular weight is 373 g/mol. The highest BCUT2D eigenvalue weighted by molar-refractivity contribution is 6.00. The summed E-state index contributed by atoms with van der Waals surface area (Å²) in [6, 6.07) is 6.86. The van der Waals surface area contributed by atoms with Gasteiger partial charge in [0.05, 0.1) is 7.11 Å². The Bertz CT molecular complexity index is 619. The molecule has 2 aliphatic rings. The third-order valence-corrected chi connectivity index (χ3v) is 5.72. The zero-order valence-corrected chi connectivity index (χ0v) is 16.2. The third-order valence-electron chi connectivity index (χ3n) is 5.72. The molecule has 0 atom stereocenters. The highest BCUT2D eigenvalue weighted by Gasteiger charge is 2.33. The standard InChI is InChI=1S/C21H31N3O3/c1-27-19-14-8-9-16(15-19)22-20(25)23-21(26)24(17-10-4-2-5-11-17)18-12-6-3-7-13-18/h8-9,14-15,17-18H,2-7,10-13H2,1H3,(H2,22,23,25,26). The quantitative estimate of drug-likeness (QED) is 0.788. The van der Waals surface area contributed by atoms with Crippen LogP contribution >= 0.6 is 0 Å². The zero-order valence-electron chi connectivity index (χ0n) is 16.2. The summed E-state index contributed by atoms with van der Waals surface area (Å²) < 4.78 is 5.17. The van der Waals surface area contributed by atoms with Gasteiger partial charge in [-0.05, 0) is 37.8 Å². The summed E-state index contributed by atoms with van der Waals surface area (Å²) in [5, 5.41) is 5.29. The second kappa shape index (κ2) is 9.62. The van der Waals surface area contributed by atoms with Crippen LogP contribution in [0.1, 0.15) is 64.2 Å². The fourth-order valence-electron chi connectivity index (χ4n) is 4.37. The van der Waals surface area contributed by atoms with E-state index in [2.05, 4.69) is 10.6 Å². The van der Waals surface area contributed by atoms with Crippen molar-refractivity contribution in [3.05, 3.63) is 24.3 Å². The molecule has 0 radical (unpaired) electrons. The number of ether oxygens (including phenoxy) is 1. The Balaban J connectivity index is 1.64. The fourth-order valence-corrected chi connectivity index (χ4v) is 4.37. The molecule has 2 saturated carbocycles. The van der Waals surface area contributed by atoms with Gasteiger partial charge < -0.3 is 15.0 Å². The SMILES string of the molecule is COc1cccc(NC(=O)NC(=O)N(C2CCCCC2)C2CCCCC2)c1. The van der Waals surface area contributed by atoms with Crippen molar-refractivity contribution in [1.82, 2.24) is 10.2 Å². The molecule has 3 rings (SSSR count). The lowest BCUT2D eigenvalue weighted by Gasteiger charge is -2.41. The van der Waals surface area contributed by atoms with Crippen LogP contribution in [0.4, 0.5) is 15.3 Å². The number of urea groups is 2. The summed E-state index contributed by atoms with van der Waals surface area (Å²) in [5.74, 6) is 0.658. The summed E-state index contributed by atoms with van der Waals surface area (Å²) in [5.41, 5.74) is 0.599. The maximum Gasteiger partial charge on any atom is 0.327 e. The van der Waals surface area contributed by atoms with Crippen molar-refractivity contribution in [3.8, 4) is 5.75 Å². The maximum atomic E-state index is 13.0. The molecule has 0 saturated heterocycles. The lowest BCUT2D eigenvalue weighted by atomic mass is 9.89. The topological polar surface area (TPSA) is 70.7 Å². The molecule has 148 valence electrons. The van der Waals surface area contributed by atoms with E-state index in [1.807, 2.05) is 11.0 Å². The number of carbonyl (C=O) groups excluding carboxylic acids is 2. The first-order chi connectivity index (χ1) is 13.2. The molecule has 6 nitrogen and oxygen atoms in total. The minimum absolute atomic E-state index is 0.255. The van der Waals surface area contributed by atoms with E-state index in [0.717, 1.165) is 51.4 Å². The van der Waals surface area contributed by atoms with E-state index in [1.165, 1.54) is 12.8 Å². The summed E-state index contributed by atoms with van der Waals surface area (Å²) in [6.45, 7) is 0. The van der Waals surface area contributed by atoms with E-state index in [-0.39, 0.29) is 18.1 Å². The van der Waals surface area contributed by atoms with Gasteiger partial charge >= 0.3 is 12.1 Å². The van der Waals surface area contributed by atoms with Gasteiger partial charge in [-0.25, -0.2) is 9.59 Å². The monoisotopic (exact) mass is 373 g/mol. The van der Waals surface area contributed by atoms with Gasteiger partial charge in [0.15, 0.2) is 0 Å². The normalized spacial score (nSPS) is 18.6. The van der Waals surface area contributed by atoms with Crippen LogP contribution in [0.15, 0.2) is 24.3 Å². The lowest BCUT2D eigenvalue weighted by Crippen LogP contribution is -2.54. The van der Waals surface area contributed by atoms with Crippen molar-refractivity contribution in [3.63, 3.8) is 0 Å². The van der Waals surface area contributed by atoms with Crippen LogP contribution in [0.2, 0.25) is 0 Å². The number of carbonyl (C=O) groups is 2. The van der Waals surface area contributed by atoms with E-state index in [1.54, 1.807) is 25.3 Å². The fraction of sp³-hybridized carbons (Fsp3) is 0.619. The van der Waals surface area contributed by atoms with Gasteiger partial charge in [0.25, 0.3) is 0 Å². The molecular weight excluding hydrogens is 342 g/mol. The summed E-state index contributed by atoms with van der Waals surface area (Å²) in [4.78, 5) is 27.4. The van der Waals surface area contributed by atoms with Gasteiger partial charge in [-0.1, -0.05) is 44.6 Å². The molecule has 2 fully saturated rings. The van der Waals surface area contributed by atoms with Crippen molar-refractivity contribution in [1.29, 1.82) is 0 Å². The van der Waals surface area contributed by atoms with Crippen LogP contribution in [0, 0.1) is 0 Å². The van der Waals surface area contributed by atoms with Gasteiger partial charge in [0, 0.05) is 23.8 Å². The summed E-state index contributed by atoms with van der Waals surface area (Å²) >= 11 is 0. The minimum Gasteiger partial charge on any atom is -0.497 e. The minimum atomic E-state index is -0.495. The van der Waals surface area contributed by atoms with E-state index in [9.17, 15) is 9.59 Å². The van der Waals surface area contributed by atoms with E-state index >= 15 is 0 Å². The molecule has 0 unspecified atom stereocenters. The van der Waals surface area contributed by atoms with Crippen LogP contribution in [0.25, 0.3) is 0 Å². The number of hydrogen-bond acceptors (Lipinski definition) is 3. The Morgan fingerprint density at radius 1 is 0.963 bits per heavy atom. The average Bonchev–Trinajstić information content (AvgIpc) is 2.70. The Hall–Kier alpha value is -2.24. The van der Waals surface area contributed by atoms with Crippen LogP contribution < -0.4 is 15.4 Å². The van der Waals surface area contributed by atoms with Crippen LogP contribution in [-0.2, 0) is 0 Å². The molecule has 0 aromatic heterocycles. The number of amides is 4. The van der Waals surface area contributed by atoms with Gasteiger partial charge in [-0.2, -0.15) is 0 Å². The molecular formula is C21H31N3O3. The molecule has 1 aromatic rings. The lowest BCUT2D eigenvalue weighted by molar-refractivity contribution is 0.106. The van der Waals surface area contributed by atoms with Gasteiger partial charge in [0.2, 0.25) is 0 Å². The molecule has 1 aromatic carbocycles. The molecule has 0 spiro atoms. The van der Waals surface area contributed by atoms with Crippen LogP contribution in [0.5, 0.6) is 5.75 Å². The molecule has 2 N–H and O–H groups in total. The molecule has 2 aliphatic carbocycles. The molecule has 4 amide bonds. The zero-order chi connectivity index (χ0) is 19.1. The largest absolute Gasteiger partial charge is 0.497 e. The number of imide groups is 1. The third kappa shape index (κ3) is 5.37. The first kappa shape index (κ1) is 19.5. The summed E-state index contributed by atoms with van der Waals surface area (Å²) in [6.07, 6.45) is 11.3. The first-order valence-electron chi connectivity index (χ1n) is 10.2. The number of nitrogens with zero attached hydrogens (tertiary/aromatic N) is 1. The number of rotatable bonds is 4. The van der Waals surface area contributed by atoms with Crippen LogP contribution in [-0.4, -0.2) is 36.2 Å². The number of anilines is 1. The smallest absolute Gasteiger partial charge is 0.327 e. The van der Waals surface area contributed by atoms with Gasteiger partial charge in [-0.15, -0.1) is 0 Å². The molecule has 27 heavy (non-hydrogen) atoms. The first-order valence-corrected chi connectivity index (χ1v) is 10.2. The summed E-state index contributed by atoms with van der Waals surface area (Å²) in [7, 11) is 1.58. The maximum absolute atomic E-state index is 13.0. The Kier molecular flexibility index (Phi) is 6.96. The second-order valence-electron chi connectivity index (χ2n) is 7.61. The molecule has 0 aliphatic heterocycles. The Morgan fingerprint density at radius 2 is 1.56 bits per heavy atom. The molecule has 0 heterocycles. The van der Waals surface area contributed by atoms with Crippen molar-refractivity contribution >= 4 is 17.7 Å². The van der Waals surface area contributed by atoms with Crippen molar-refractivity contribution in [2.45, 2.75) is 76.3 Å². The van der Waals surface area contributed by atoms with Gasteiger partial charge in [0.1, 0.15) is 5.75 Å². The Labute approximate surface area is 161 Å². The number of methoxy groups -OCH3 is 1. The number of hydrogen-bond donors (Lipinski definition) is 2. The predicted molar refractivity (Wildman–Crippen MR) is 106 cm³/mol. The van der Waals surface area contributed by atoms with Crippen molar-refractivity contribution in [2.75, 3.05) is 12.4 Å². The second-order valence-corrected chi connectivity index (χ2v) is 7.61. The Morgan fingerprint density at radius 3 is 2.11 bits per heavy atom. The molecule has 6 heteroatoms. The number of benzene rings is 1. The number of nitrogens with one attached hydrogen (secondary N) is 2. The highest BCUT2D eigenvalue weighted by Crippen LogP contribution is 2.30. The van der Waals surface area contributed by atoms with Crippen molar-refractivity contribution in [2.24, 2.45) is 0 Å². The van der Waals surface area contributed by atoms with E-state index in [0.29, 0.717) is 11.4 Å². The van der Waals surface area contributed by atoms with E-state index in [4.69, 9.17) is 4.74 Å². The van der Waals surface area contributed by atoms with Gasteiger partial charge in [-0.3, -0.25) is 5.32 Å². The van der Waals surface area contributed by atoms with Crippen LogP contribution in [0.3, 0.4) is 0 Å².